The summed E-state index contributed by atoms with van der Waals surface area (Å²) < 4.78 is 0. The first-order valence-electron chi connectivity index (χ1n) is 6.37. The maximum absolute atomic E-state index is 10.8. The van der Waals surface area contributed by atoms with Crippen molar-refractivity contribution in [2.75, 3.05) is 0 Å². The molecule has 0 aliphatic heterocycles. The number of aromatic nitrogens is 3. The van der Waals surface area contributed by atoms with Crippen LogP contribution in [-0.2, 0) is 0 Å². The molecule has 2 heterocycles. The molecule has 2 aromatic heterocycles. The molecule has 0 aliphatic carbocycles. The molecular weight excluding hydrogens is 268 g/mol. The van der Waals surface area contributed by atoms with Crippen molar-refractivity contribution in [3.8, 4) is 22.5 Å². The molecule has 6 nitrogen and oxygen atoms in total. The van der Waals surface area contributed by atoms with E-state index in [0.29, 0.717) is 5.69 Å². The first-order chi connectivity index (χ1) is 10.1. The van der Waals surface area contributed by atoms with Gasteiger partial charge in [-0.1, -0.05) is 12.1 Å². The fraction of sp³-hybridized carbons (Fsp3) is 0.0667. The molecule has 0 fully saturated rings. The Hall–Kier alpha value is -3.02. The van der Waals surface area contributed by atoms with Gasteiger partial charge in [0.2, 0.25) is 0 Å². The summed E-state index contributed by atoms with van der Waals surface area (Å²) in [6, 6.07) is 12.1. The largest absolute Gasteiger partial charge is 0.278 e. The molecule has 104 valence electrons. The van der Waals surface area contributed by atoms with E-state index in [-0.39, 0.29) is 5.69 Å². The van der Waals surface area contributed by atoms with Crippen LogP contribution in [-0.4, -0.2) is 20.1 Å². The zero-order valence-electron chi connectivity index (χ0n) is 11.3. The minimum Gasteiger partial charge on any atom is -0.278 e. The van der Waals surface area contributed by atoms with Gasteiger partial charge in [-0.3, -0.25) is 20.2 Å². The average Bonchev–Trinajstić information content (AvgIpc) is 3.01. The molecule has 21 heavy (non-hydrogen) atoms. The number of nitro groups is 1. The Bertz CT molecular complexity index is 797. The van der Waals surface area contributed by atoms with E-state index < -0.39 is 4.92 Å². The third-order valence-electron chi connectivity index (χ3n) is 3.23. The monoisotopic (exact) mass is 280 g/mol. The number of rotatable bonds is 3. The molecule has 0 unspecified atom stereocenters. The summed E-state index contributed by atoms with van der Waals surface area (Å²) in [4.78, 5) is 15.0. The first-order valence-corrected chi connectivity index (χ1v) is 6.37. The maximum Gasteiger partial charge on any atom is 0.270 e. The zero-order chi connectivity index (χ0) is 14.8. The van der Waals surface area contributed by atoms with Crippen LogP contribution in [0.3, 0.4) is 0 Å². The molecule has 0 amide bonds. The number of nitrogens with zero attached hydrogens (tertiary/aromatic N) is 3. The van der Waals surface area contributed by atoms with Crippen LogP contribution in [0.2, 0.25) is 0 Å². The van der Waals surface area contributed by atoms with Gasteiger partial charge < -0.3 is 0 Å². The van der Waals surface area contributed by atoms with Gasteiger partial charge in [0.1, 0.15) is 0 Å². The van der Waals surface area contributed by atoms with Crippen LogP contribution in [0.5, 0.6) is 0 Å². The molecule has 0 aliphatic rings. The first kappa shape index (κ1) is 13.0. The van der Waals surface area contributed by atoms with Crippen LogP contribution < -0.4 is 0 Å². The molecule has 0 saturated heterocycles. The lowest BCUT2D eigenvalue weighted by molar-refractivity contribution is -0.384. The predicted octanol–water partition coefficient (Wildman–Crippen LogP) is 3.36. The second-order valence-corrected chi connectivity index (χ2v) is 4.61. The normalized spacial score (nSPS) is 10.5. The van der Waals surface area contributed by atoms with Gasteiger partial charge >= 0.3 is 0 Å². The predicted molar refractivity (Wildman–Crippen MR) is 78.6 cm³/mol. The Balaban J connectivity index is 2.03. The van der Waals surface area contributed by atoms with E-state index in [0.717, 1.165) is 22.5 Å². The van der Waals surface area contributed by atoms with Gasteiger partial charge in [-0.2, -0.15) is 5.10 Å². The molecule has 0 saturated carbocycles. The third-order valence-corrected chi connectivity index (χ3v) is 3.23. The Morgan fingerprint density at radius 2 is 2.05 bits per heavy atom. The quantitative estimate of drug-likeness (QED) is 0.589. The average molecular weight is 280 g/mol. The molecule has 3 rings (SSSR count). The van der Waals surface area contributed by atoms with E-state index in [1.165, 1.54) is 12.1 Å². The molecule has 1 N–H and O–H groups in total. The summed E-state index contributed by atoms with van der Waals surface area (Å²) in [6.45, 7) is 1.90. The molecule has 6 heteroatoms. The number of hydrogen-bond acceptors (Lipinski definition) is 4. The summed E-state index contributed by atoms with van der Waals surface area (Å²) in [5, 5.41) is 17.7. The Morgan fingerprint density at radius 1 is 1.19 bits per heavy atom. The van der Waals surface area contributed by atoms with Gasteiger partial charge in [-0.15, -0.1) is 0 Å². The standard InChI is InChI=1S/C15H12N4O2/c1-10-13(15-7-8-16-18-15)5-6-14(17-10)11-3-2-4-12(9-11)19(20)21/h2-9H,1H3,(H,16,18). The smallest absolute Gasteiger partial charge is 0.270 e. The Labute approximate surface area is 120 Å². The molecule has 0 atom stereocenters. The van der Waals surface area contributed by atoms with Crippen LogP contribution >= 0.6 is 0 Å². The fourth-order valence-corrected chi connectivity index (χ4v) is 2.19. The van der Waals surface area contributed by atoms with Gasteiger partial charge in [0.05, 0.1) is 16.3 Å². The van der Waals surface area contributed by atoms with Crippen molar-refractivity contribution in [1.29, 1.82) is 0 Å². The summed E-state index contributed by atoms with van der Waals surface area (Å²) in [7, 11) is 0. The van der Waals surface area contributed by atoms with Gasteiger partial charge in [-0.05, 0) is 25.1 Å². The third kappa shape index (κ3) is 2.51. The second kappa shape index (κ2) is 5.16. The highest BCUT2D eigenvalue weighted by atomic mass is 16.6. The van der Waals surface area contributed by atoms with Gasteiger partial charge in [0.25, 0.3) is 5.69 Å². The van der Waals surface area contributed by atoms with Crippen LogP contribution in [0.15, 0.2) is 48.7 Å². The number of benzene rings is 1. The van der Waals surface area contributed by atoms with Gasteiger partial charge in [-0.25, -0.2) is 0 Å². The van der Waals surface area contributed by atoms with E-state index >= 15 is 0 Å². The number of hydrogen-bond donors (Lipinski definition) is 1. The van der Waals surface area contributed by atoms with E-state index in [2.05, 4.69) is 15.2 Å². The van der Waals surface area contributed by atoms with Crippen molar-refractivity contribution in [2.45, 2.75) is 6.92 Å². The van der Waals surface area contributed by atoms with Crippen LogP contribution in [0, 0.1) is 17.0 Å². The van der Waals surface area contributed by atoms with Crippen molar-refractivity contribution in [3.63, 3.8) is 0 Å². The number of aryl methyl sites for hydroxylation is 1. The highest BCUT2D eigenvalue weighted by Crippen LogP contribution is 2.26. The summed E-state index contributed by atoms with van der Waals surface area (Å²) >= 11 is 0. The summed E-state index contributed by atoms with van der Waals surface area (Å²) in [5.74, 6) is 0. The van der Waals surface area contributed by atoms with Crippen LogP contribution in [0.4, 0.5) is 5.69 Å². The summed E-state index contributed by atoms with van der Waals surface area (Å²) in [6.07, 6.45) is 1.68. The van der Waals surface area contributed by atoms with E-state index in [4.69, 9.17) is 0 Å². The van der Waals surface area contributed by atoms with Gasteiger partial charge in [0, 0.05) is 35.2 Å². The minimum absolute atomic E-state index is 0.0598. The fourth-order valence-electron chi connectivity index (χ4n) is 2.19. The molecule has 0 radical (unpaired) electrons. The van der Waals surface area contributed by atoms with Crippen molar-refractivity contribution in [2.24, 2.45) is 0 Å². The SMILES string of the molecule is Cc1nc(-c2cccc([N+](=O)[O-])c2)ccc1-c1ccn[nH]1. The zero-order valence-corrected chi connectivity index (χ0v) is 11.3. The Kier molecular flexibility index (Phi) is 3.19. The van der Waals surface area contributed by atoms with Crippen molar-refractivity contribution in [1.82, 2.24) is 15.2 Å². The summed E-state index contributed by atoms with van der Waals surface area (Å²) in [5.41, 5.74) is 4.18. The number of H-pyrrole nitrogens is 1. The van der Waals surface area contributed by atoms with Crippen molar-refractivity contribution < 1.29 is 4.92 Å². The number of non-ortho nitro benzene ring substituents is 1. The van der Waals surface area contributed by atoms with Crippen molar-refractivity contribution >= 4 is 5.69 Å². The molecular formula is C15H12N4O2. The number of nitro benzene ring substituents is 1. The van der Waals surface area contributed by atoms with Crippen LogP contribution in [0.1, 0.15) is 5.69 Å². The number of aromatic amines is 1. The molecule has 1 aromatic carbocycles. The number of pyridine rings is 1. The maximum atomic E-state index is 10.8. The highest BCUT2D eigenvalue weighted by molar-refractivity contribution is 5.68. The molecule has 0 spiro atoms. The lowest BCUT2D eigenvalue weighted by Gasteiger charge is -2.06. The van der Waals surface area contributed by atoms with E-state index in [9.17, 15) is 10.1 Å². The molecule has 0 bridgehead atoms. The van der Waals surface area contributed by atoms with Crippen LogP contribution in [0.25, 0.3) is 22.5 Å². The lowest BCUT2D eigenvalue weighted by atomic mass is 10.1. The van der Waals surface area contributed by atoms with E-state index in [1.807, 2.05) is 31.2 Å². The minimum atomic E-state index is -0.407. The highest BCUT2D eigenvalue weighted by Gasteiger charge is 2.10. The van der Waals surface area contributed by atoms with E-state index in [1.54, 1.807) is 12.3 Å². The Morgan fingerprint density at radius 3 is 2.71 bits per heavy atom. The molecule has 3 aromatic rings. The van der Waals surface area contributed by atoms with Gasteiger partial charge in [0.15, 0.2) is 0 Å². The second-order valence-electron chi connectivity index (χ2n) is 4.61. The van der Waals surface area contributed by atoms with Crippen molar-refractivity contribution in [3.05, 3.63) is 64.5 Å². The number of nitrogens with one attached hydrogen (secondary N) is 1. The lowest BCUT2D eigenvalue weighted by Crippen LogP contribution is -1.93. The topological polar surface area (TPSA) is 84.7 Å².